The zero-order chi connectivity index (χ0) is 13.6. The van der Waals surface area contributed by atoms with Crippen LogP contribution < -0.4 is 4.74 Å². The topological polar surface area (TPSA) is 22.4 Å². The van der Waals surface area contributed by atoms with Gasteiger partial charge in [-0.05, 0) is 43.5 Å². The van der Waals surface area contributed by atoms with E-state index < -0.39 is 0 Å². The van der Waals surface area contributed by atoms with Crippen LogP contribution in [0.1, 0.15) is 23.6 Å². The first kappa shape index (κ1) is 12.1. The molecule has 98 valence electrons. The fourth-order valence-corrected chi connectivity index (χ4v) is 2.80. The van der Waals surface area contributed by atoms with Crippen LogP contribution in [0.2, 0.25) is 0 Å². The van der Waals surface area contributed by atoms with Gasteiger partial charge in [0.05, 0.1) is 7.11 Å². The highest BCUT2D eigenvalue weighted by atomic mass is 16.5. The Balaban J connectivity index is 2.44. The Labute approximate surface area is 113 Å². The van der Waals surface area contributed by atoms with E-state index in [9.17, 15) is 0 Å². The van der Waals surface area contributed by atoms with E-state index in [0.29, 0.717) is 0 Å². The van der Waals surface area contributed by atoms with Crippen molar-refractivity contribution in [3.05, 3.63) is 41.0 Å². The summed E-state index contributed by atoms with van der Waals surface area (Å²) in [5.74, 6) is 0.875. The number of ether oxygens (including phenoxy) is 1. The summed E-state index contributed by atoms with van der Waals surface area (Å²) in [5, 5.41) is 2.36. The Morgan fingerprint density at radius 2 is 1.58 bits per heavy atom. The molecule has 3 rings (SSSR count). The van der Waals surface area contributed by atoms with Gasteiger partial charge in [0.1, 0.15) is 16.9 Å². The van der Waals surface area contributed by atoms with Crippen molar-refractivity contribution in [2.75, 3.05) is 7.11 Å². The monoisotopic (exact) mass is 254 g/mol. The maximum absolute atomic E-state index is 6.12. The second kappa shape index (κ2) is 4.30. The third-order valence-corrected chi connectivity index (χ3v) is 3.97. The van der Waals surface area contributed by atoms with E-state index in [2.05, 4.69) is 32.0 Å². The lowest BCUT2D eigenvalue weighted by Crippen LogP contribution is -1.86. The minimum Gasteiger partial charge on any atom is -0.496 e. The number of hydrogen-bond acceptors (Lipinski definition) is 2. The summed E-state index contributed by atoms with van der Waals surface area (Å²) in [5.41, 5.74) is 5.59. The number of benzene rings is 2. The maximum atomic E-state index is 6.12. The molecule has 1 aromatic heterocycles. The molecule has 2 heteroatoms. The van der Waals surface area contributed by atoms with Crippen LogP contribution in [-0.4, -0.2) is 7.11 Å². The minimum absolute atomic E-state index is 0.875. The van der Waals surface area contributed by atoms with Crippen molar-refractivity contribution in [1.82, 2.24) is 0 Å². The van der Waals surface area contributed by atoms with Gasteiger partial charge in [0.2, 0.25) is 0 Å². The van der Waals surface area contributed by atoms with E-state index in [1.54, 1.807) is 7.11 Å². The van der Waals surface area contributed by atoms with Crippen LogP contribution >= 0.6 is 0 Å². The molecule has 0 aliphatic rings. The highest BCUT2D eigenvalue weighted by Gasteiger charge is 2.14. The van der Waals surface area contributed by atoms with Gasteiger partial charge in [-0.1, -0.05) is 19.1 Å². The molecule has 1 heterocycles. The average Bonchev–Trinajstić information content (AvgIpc) is 2.80. The third kappa shape index (κ3) is 1.63. The average molecular weight is 254 g/mol. The van der Waals surface area contributed by atoms with E-state index in [-0.39, 0.29) is 0 Å². The Morgan fingerprint density at radius 1 is 0.947 bits per heavy atom. The van der Waals surface area contributed by atoms with Crippen molar-refractivity contribution in [2.45, 2.75) is 27.2 Å². The van der Waals surface area contributed by atoms with Crippen molar-refractivity contribution in [2.24, 2.45) is 0 Å². The second-order valence-electron chi connectivity index (χ2n) is 4.95. The zero-order valence-corrected chi connectivity index (χ0v) is 11.8. The molecule has 0 saturated heterocycles. The third-order valence-electron chi connectivity index (χ3n) is 3.97. The van der Waals surface area contributed by atoms with E-state index >= 15 is 0 Å². The first-order valence-electron chi connectivity index (χ1n) is 6.65. The summed E-state index contributed by atoms with van der Waals surface area (Å²) in [6.45, 7) is 6.35. The second-order valence-corrected chi connectivity index (χ2v) is 4.95. The molecule has 0 radical (unpaired) electrons. The van der Waals surface area contributed by atoms with Crippen molar-refractivity contribution >= 4 is 21.9 Å². The first-order chi connectivity index (χ1) is 9.17. The minimum atomic E-state index is 0.875. The predicted molar refractivity (Wildman–Crippen MR) is 79.1 cm³/mol. The van der Waals surface area contributed by atoms with Gasteiger partial charge in [0, 0.05) is 16.3 Å². The van der Waals surface area contributed by atoms with Crippen LogP contribution in [0, 0.1) is 13.8 Å². The zero-order valence-electron chi connectivity index (χ0n) is 11.8. The molecule has 0 bridgehead atoms. The summed E-state index contributed by atoms with van der Waals surface area (Å²) in [4.78, 5) is 0. The van der Waals surface area contributed by atoms with Crippen LogP contribution in [0.25, 0.3) is 21.9 Å². The van der Waals surface area contributed by atoms with E-state index in [1.807, 2.05) is 13.0 Å². The lowest BCUT2D eigenvalue weighted by atomic mass is 10.0. The van der Waals surface area contributed by atoms with Crippen LogP contribution in [0.3, 0.4) is 0 Å². The number of fused-ring (bicyclic) bond motifs is 3. The summed E-state index contributed by atoms with van der Waals surface area (Å²) in [6.07, 6.45) is 1.03. The maximum Gasteiger partial charge on any atom is 0.142 e. The number of rotatable bonds is 2. The normalized spacial score (nSPS) is 11.4. The smallest absolute Gasteiger partial charge is 0.142 e. The summed E-state index contributed by atoms with van der Waals surface area (Å²) in [7, 11) is 1.69. The van der Waals surface area contributed by atoms with Gasteiger partial charge in [0.15, 0.2) is 0 Å². The lowest BCUT2D eigenvalue weighted by Gasteiger charge is -2.03. The van der Waals surface area contributed by atoms with Gasteiger partial charge >= 0.3 is 0 Å². The lowest BCUT2D eigenvalue weighted by molar-refractivity contribution is 0.411. The number of hydrogen-bond donors (Lipinski definition) is 0. The molecule has 0 saturated carbocycles. The number of methoxy groups -OCH3 is 1. The highest BCUT2D eigenvalue weighted by molar-refractivity contribution is 6.07. The van der Waals surface area contributed by atoms with Gasteiger partial charge in [-0.3, -0.25) is 0 Å². The Hall–Kier alpha value is -1.96. The molecular weight excluding hydrogens is 236 g/mol. The van der Waals surface area contributed by atoms with Crippen molar-refractivity contribution in [3.63, 3.8) is 0 Å². The van der Waals surface area contributed by atoms with E-state index in [0.717, 1.165) is 28.9 Å². The van der Waals surface area contributed by atoms with Crippen LogP contribution in [0.4, 0.5) is 0 Å². The molecule has 0 atom stereocenters. The fraction of sp³-hybridized carbons (Fsp3) is 0.294. The Bertz CT molecular complexity index is 702. The van der Waals surface area contributed by atoms with Gasteiger partial charge in [0.25, 0.3) is 0 Å². The van der Waals surface area contributed by atoms with Gasteiger partial charge < -0.3 is 9.15 Å². The quantitative estimate of drug-likeness (QED) is 0.657. The predicted octanol–water partition coefficient (Wildman–Crippen LogP) is 4.77. The number of aryl methyl sites for hydroxylation is 3. The van der Waals surface area contributed by atoms with E-state index in [4.69, 9.17) is 9.15 Å². The summed E-state index contributed by atoms with van der Waals surface area (Å²) >= 11 is 0. The van der Waals surface area contributed by atoms with E-state index in [1.165, 1.54) is 21.9 Å². The molecular formula is C17H18O2. The molecule has 0 spiro atoms. The Kier molecular flexibility index (Phi) is 2.74. The number of furan rings is 1. The van der Waals surface area contributed by atoms with Crippen molar-refractivity contribution in [1.29, 1.82) is 0 Å². The molecule has 0 amide bonds. The molecule has 2 nitrogen and oxygen atoms in total. The molecule has 19 heavy (non-hydrogen) atoms. The van der Waals surface area contributed by atoms with Crippen LogP contribution in [0.15, 0.2) is 28.7 Å². The molecule has 0 N–H and O–H groups in total. The van der Waals surface area contributed by atoms with Gasteiger partial charge in [-0.15, -0.1) is 0 Å². The SMILES string of the molecule is CCc1ccc2c(oc3c(C)c(OC)ccc32)c1C. The van der Waals surface area contributed by atoms with Crippen molar-refractivity contribution in [3.8, 4) is 5.75 Å². The highest BCUT2D eigenvalue weighted by Crippen LogP contribution is 2.36. The molecule has 0 aliphatic heterocycles. The van der Waals surface area contributed by atoms with Crippen molar-refractivity contribution < 1.29 is 9.15 Å². The Morgan fingerprint density at radius 3 is 2.21 bits per heavy atom. The first-order valence-corrected chi connectivity index (χ1v) is 6.65. The summed E-state index contributed by atoms with van der Waals surface area (Å²) < 4.78 is 11.5. The van der Waals surface area contributed by atoms with Crippen LogP contribution in [0.5, 0.6) is 5.75 Å². The molecule has 2 aromatic carbocycles. The van der Waals surface area contributed by atoms with Gasteiger partial charge in [-0.2, -0.15) is 0 Å². The fourth-order valence-electron chi connectivity index (χ4n) is 2.80. The standard InChI is InChI=1S/C17H18O2/c1-5-12-6-7-13-14-8-9-15(18-4)11(3)17(14)19-16(13)10(12)2/h6-9H,5H2,1-4H3. The molecule has 3 aromatic rings. The largest absolute Gasteiger partial charge is 0.496 e. The molecule has 0 unspecified atom stereocenters. The van der Waals surface area contributed by atoms with Gasteiger partial charge in [-0.25, -0.2) is 0 Å². The molecule has 0 fully saturated rings. The molecule has 0 aliphatic carbocycles. The van der Waals surface area contributed by atoms with Crippen LogP contribution in [-0.2, 0) is 6.42 Å². The summed E-state index contributed by atoms with van der Waals surface area (Å²) in [6, 6.07) is 8.46.